The Hall–Kier alpha value is -2.10. The van der Waals surface area contributed by atoms with Crippen molar-refractivity contribution in [1.82, 2.24) is 10.6 Å². The van der Waals surface area contributed by atoms with Crippen LogP contribution in [0.2, 0.25) is 0 Å². The van der Waals surface area contributed by atoms with Crippen LogP contribution in [0.1, 0.15) is 11.1 Å². The summed E-state index contributed by atoms with van der Waals surface area (Å²) in [6, 6.07) is 7.20. The summed E-state index contributed by atoms with van der Waals surface area (Å²) in [5, 5.41) is 4.58. The first-order valence-electron chi connectivity index (χ1n) is 4.56. The van der Waals surface area contributed by atoms with Crippen molar-refractivity contribution < 1.29 is 9.59 Å². The molecule has 0 radical (unpaired) electrons. The molecule has 3 amide bonds. The van der Waals surface area contributed by atoms with Crippen LogP contribution in [0.15, 0.2) is 30.0 Å². The number of imide groups is 1. The van der Waals surface area contributed by atoms with Crippen LogP contribution in [-0.2, 0) is 4.79 Å². The van der Waals surface area contributed by atoms with Crippen molar-refractivity contribution >= 4 is 18.0 Å². The van der Waals surface area contributed by atoms with Gasteiger partial charge in [-0.05, 0) is 18.6 Å². The summed E-state index contributed by atoms with van der Waals surface area (Å²) >= 11 is 0. The van der Waals surface area contributed by atoms with Gasteiger partial charge in [-0.25, -0.2) is 4.79 Å². The second kappa shape index (κ2) is 3.57. The Balaban J connectivity index is 2.31. The van der Waals surface area contributed by atoms with Gasteiger partial charge in [-0.15, -0.1) is 0 Å². The maximum absolute atomic E-state index is 11.2. The maximum Gasteiger partial charge on any atom is 0.326 e. The predicted molar refractivity (Wildman–Crippen MR) is 55.8 cm³/mol. The van der Waals surface area contributed by atoms with Crippen LogP contribution < -0.4 is 10.6 Å². The molecule has 1 aliphatic heterocycles. The molecule has 0 saturated carbocycles. The maximum atomic E-state index is 11.2. The number of carbonyl (C=O) groups is 2. The Bertz CT molecular complexity index is 463. The van der Waals surface area contributed by atoms with Gasteiger partial charge in [-0.2, -0.15) is 0 Å². The molecule has 0 aliphatic carbocycles. The molecular formula is C11H10N2O2. The lowest BCUT2D eigenvalue weighted by atomic mass is 10.1. The second-order valence-electron chi connectivity index (χ2n) is 3.38. The van der Waals surface area contributed by atoms with E-state index in [1.54, 1.807) is 6.08 Å². The Labute approximate surface area is 87.0 Å². The first-order valence-corrected chi connectivity index (χ1v) is 4.56. The molecule has 1 aromatic carbocycles. The Morgan fingerprint density at radius 1 is 1.20 bits per heavy atom. The number of urea groups is 1. The number of aryl methyl sites for hydroxylation is 1. The molecule has 0 aromatic heterocycles. The molecule has 2 rings (SSSR count). The van der Waals surface area contributed by atoms with Gasteiger partial charge in [0.05, 0.1) is 0 Å². The number of rotatable bonds is 1. The molecule has 1 aromatic rings. The number of hydrogen-bond donors (Lipinski definition) is 2. The standard InChI is InChI=1S/C11H10N2O2/c1-7-3-2-4-8(5-7)6-9-10(14)13-11(15)12-9/h2-6H,1H3,(H2,12,13,14,15)/b9-6-. The van der Waals surface area contributed by atoms with E-state index in [2.05, 4.69) is 10.6 Å². The zero-order chi connectivity index (χ0) is 10.8. The van der Waals surface area contributed by atoms with Gasteiger partial charge in [-0.3, -0.25) is 10.1 Å². The molecule has 1 heterocycles. The minimum absolute atomic E-state index is 0.283. The van der Waals surface area contributed by atoms with Crippen molar-refractivity contribution in [3.05, 3.63) is 41.1 Å². The zero-order valence-corrected chi connectivity index (χ0v) is 8.20. The summed E-state index contributed by atoms with van der Waals surface area (Å²) in [4.78, 5) is 22.0. The van der Waals surface area contributed by atoms with E-state index >= 15 is 0 Å². The average molecular weight is 202 g/mol. The third kappa shape index (κ3) is 2.04. The first kappa shape index (κ1) is 9.45. The van der Waals surface area contributed by atoms with Gasteiger partial charge in [0.25, 0.3) is 5.91 Å². The number of carbonyl (C=O) groups excluding carboxylic acids is 2. The van der Waals surface area contributed by atoms with Gasteiger partial charge < -0.3 is 5.32 Å². The van der Waals surface area contributed by atoms with Gasteiger partial charge in [0, 0.05) is 0 Å². The normalized spacial score (nSPS) is 17.8. The van der Waals surface area contributed by atoms with Crippen molar-refractivity contribution in [2.24, 2.45) is 0 Å². The van der Waals surface area contributed by atoms with Gasteiger partial charge >= 0.3 is 6.03 Å². The summed E-state index contributed by atoms with van der Waals surface area (Å²) in [5.74, 6) is -0.387. The molecule has 2 N–H and O–H groups in total. The van der Waals surface area contributed by atoms with Crippen molar-refractivity contribution in [2.75, 3.05) is 0 Å². The molecule has 15 heavy (non-hydrogen) atoms. The van der Waals surface area contributed by atoms with E-state index in [1.165, 1.54) is 0 Å². The van der Waals surface area contributed by atoms with Crippen molar-refractivity contribution in [2.45, 2.75) is 6.92 Å². The van der Waals surface area contributed by atoms with Crippen LogP contribution >= 0.6 is 0 Å². The molecule has 0 spiro atoms. The predicted octanol–water partition coefficient (Wildman–Crippen LogP) is 1.18. The molecule has 0 atom stereocenters. The van der Waals surface area contributed by atoms with E-state index in [-0.39, 0.29) is 11.6 Å². The van der Waals surface area contributed by atoms with Gasteiger partial charge in [0.15, 0.2) is 0 Å². The van der Waals surface area contributed by atoms with Gasteiger partial charge in [0.2, 0.25) is 0 Å². The largest absolute Gasteiger partial charge is 0.326 e. The zero-order valence-electron chi connectivity index (χ0n) is 8.20. The third-order valence-electron chi connectivity index (χ3n) is 2.07. The summed E-state index contributed by atoms with van der Waals surface area (Å²) in [5.41, 5.74) is 2.28. The van der Waals surface area contributed by atoms with Crippen LogP contribution in [0.3, 0.4) is 0 Å². The van der Waals surface area contributed by atoms with E-state index in [4.69, 9.17) is 0 Å². The molecule has 4 nitrogen and oxygen atoms in total. The van der Waals surface area contributed by atoms with E-state index < -0.39 is 6.03 Å². The SMILES string of the molecule is Cc1cccc(/C=C2\NC(=O)NC2=O)c1. The molecular weight excluding hydrogens is 192 g/mol. The highest BCUT2D eigenvalue weighted by atomic mass is 16.2. The monoisotopic (exact) mass is 202 g/mol. The van der Waals surface area contributed by atoms with Gasteiger partial charge in [0.1, 0.15) is 5.70 Å². The molecule has 1 aliphatic rings. The fourth-order valence-electron chi connectivity index (χ4n) is 1.41. The molecule has 4 heteroatoms. The number of benzene rings is 1. The lowest BCUT2D eigenvalue weighted by Gasteiger charge is -1.97. The topological polar surface area (TPSA) is 58.2 Å². The smallest absolute Gasteiger partial charge is 0.303 e. The van der Waals surface area contributed by atoms with Crippen molar-refractivity contribution in [3.63, 3.8) is 0 Å². The highest BCUT2D eigenvalue weighted by Gasteiger charge is 2.22. The van der Waals surface area contributed by atoms with E-state index in [9.17, 15) is 9.59 Å². The second-order valence-corrected chi connectivity index (χ2v) is 3.38. The molecule has 0 bridgehead atoms. The van der Waals surface area contributed by atoms with E-state index in [0.717, 1.165) is 11.1 Å². The molecule has 1 fully saturated rings. The average Bonchev–Trinajstić information content (AvgIpc) is 2.45. The van der Waals surface area contributed by atoms with Crippen LogP contribution in [0.5, 0.6) is 0 Å². The van der Waals surface area contributed by atoms with Crippen LogP contribution in [-0.4, -0.2) is 11.9 Å². The molecule has 0 unspecified atom stereocenters. The highest BCUT2D eigenvalue weighted by Crippen LogP contribution is 2.09. The first-order chi connectivity index (χ1) is 7.15. The number of nitrogens with one attached hydrogen (secondary N) is 2. The summed E-state index contributed by atoms with van der Waals surface area (Å²) in [7, 11) is 0. The fraction of sp³-hybridized carbons (Fsp3) is 0.0909. The Kier molecular flexibility index (Phi) is 2.25. The van der Waals surface area contributed by atoms with Crippen molar-refractivity contribution in [3.8, 4) is 0 Å². The fourth-order valence-corrected chi connectivity index (χ4v) is 1.41. The van der Waals surface area contributed by atoms with Crippen LogP contribution in [0.25, 0.3) is 6.08 Å². The third-order valence-corrected chi connectivity index (χ3v) is 2.07. The molecule has 1 saturated heterocycles. The summed E-state index contributed by atoms with van der Waals surface area (Å²) in [6.07, 6.45) is 1.65. The quantitative estimate of drug-likeness (QED) is 0.530. The number of amides is 3. The summed E-state index contributed by atoms with van der Waals surface area (Å²) in [6.45, 7) is 1.97. The number of hydrogen-bond acceptors (Lipinski definition) is 2. The molecule has 76 valence electrons. The Morgan fingerprint density at radius 2 is 2.00 bits per heavy atom. The Morgan fingerprint density at radius 3 is 2.60 bits per heavy atom. The minimum atomic E-state index is -0.473. The lowest BCUT2D eigenvalue weighted by Crippen LogP contribution is -2.22. The van der Waals surface area contributed by atoms with Gasteiger partial charge in [-0.1, -0.05) is 29.8 Å². The van der Waals surface area contributed by atoms with E-state index in [1.807, 2.05) is 31.2 Å². The van der Waals surface area contributed by atoms with Crippen LogP contribution in [0, 0.1) is 6.92 Å². The minimum Gasteiger partial charge on any atom is -0.303 e. The highest BCUT2D eigenvalue weighted by molar-refractivity contribution is 6.13. The summed E-state index contributed by atoms with van der Waals surface area (Å²) < 4.78 is 0. The van der Waals surface area contributed by atoms with Crippen LogP contribution in [0.4, 0.5) is 4.79 Å². The van der Waals surface area contributed by atoms with Crippen molar-refractivity contribution in [1.29, 1.82) is 0 Å². The lowest BCUT2D eigenvalue weighted by molar-refractivity contribution is -0.115. The van der Waals surface area contributed by atoms with E-state index in [0.29, 0.717) is 0 Å².